The Morgan fingerprint density at radius 3 is 2.45 bits per heavy atom. The highest BCUT2D eigenvalue weighted by atomic mass is 79.9. The lowest BCUT2D eigenvalue weighted by Crippen LogP contribution is -2.44. The molecule has 1 unspecified atom stereocenters. The van der Waals surface area contributed by atoms with Crippen molar-refractivity contribution in [3.63, 3.8) is 0 Å². The molecular weight excluding hydrogens is 414 g/mol. The first-order chi connectivity index (χ1) is 9.05. The largest absolute Gasteiger partial charge is 0.471 e. The zero-order valence-electron chi connectivity index (χ0n) is 9.39. The van der Waals surface area contributed by atoms with Gasteiger partial charge in [0.15, 0.2) is 9.02 Å². The fourth-order valence-electron chi connectivity index (χ4n) is 1.86. The van der Waals surface area contributed by atoms with Gasteiger partial charge in [-0.15, -0.1) is 0 Å². The minimum atomic E-state index is -5.08. The maximum absolute atomic E-state index is 13.1. The number of nitrogens with one attached hydrogen (secondary N) is 1. The summed E-state index contributed by atoms with van der Waals surface area (Å²) in [5.41, 5.74) is 0.00831. The molecule has 3 nitrogen and oxygen atoms in total. The first-order valence-corrected chi connectivity index (χ1v) is 6.73. The number of ketones is 1. The number of Topliss-reactive ketones (excluding diaryl/α,β-unsaturated/α-hetero) is 1. The van der Waals surface area contributed by atoms with Crippen LogP contribution in [-0.2, 0) is 4.79 Å². The molecule has 0 spiro atoms. The summed E-state index contributed by atoms with van der Waals surface area (Å²) in [4.78, 5) is 23.0. The quantitative estimate of drug-likeness (QED) is 0.562. The highest BCUT2D eigenvalue weighted by Crippen LogP contribution is 2.49. The number of hydrogen-bond acceptors (Lipinski definition) is 2. The Balaban J connectivity index is 2.44. The van der Waals surface area contributed by atoms with E-state index in [9.17, 15) is 27.2 Å². The molecule has 0 saturated heterocycles. The molecule has 108 valence electrons. The van der Waals surface area contributed by atoms with E-state index in [0.717, 1.165) is 18.2 Å². The Morgan fingerprint density at radius 1 is 1.30 bits per heavy atom. The van der Waals surface area contributed by atoms with Gasteiger partial charge in [0.05, 0.1) is 6.04 Å². The average molecular weight is 419 g/mol. The van der Waals surface area contributed by atoms with E-state index >= 15 is 0 Å². The molecule has 1 aromatic rings. The van der Waals surface area contributed by atoms with Gasteiger partial charge >= 0.3 is 12.1 Å². The predicted octanol–water partition coefficient (Wildman–Crippen LogP) is 3.23. The molecule has 0 aromatic heterocycles. The minimum Gasteiger partial charge on any atom is -0.339 e. The van der Waals surface area contributed by atoms with Gasteiger partial charge in [-0.05, 0) is 17.7 Å². The Labute approximate surface area is 127 Å². The second kappa shape index (κ2) is 4.80. The Morgan fingerprint density at radius 2 is 1.90 bits per heavy atom. The fourth-order valence-corrected chi connectivity index (χ4v) is 3.01. The van der Waals surface area contributed by atoms with Crippen LogP contribution < -0.4 is 5.32 Å². The molecule has 0 fully saturated rings. The normalized spacial score (nSPS) is 20.7. The Hall–Kier alpha value is -0.960. The number of hydrogen-bond donors (Lipinski definition) is 1. The number of carbonyl (C=O) groups excluding carboxylic acids is 2. The molecule has 0 bridgehead atoms. The molecule has 1 N–H and O–H groups in total. The van der Waals surface area contributed by atoms with Gasteiger partial charge in [0, 0.05) is 5.56 Å². The molecule has 0 aliphatic heterocycles. The van der Waals surface area contributed by atoms with Gasteiger partial charge < -0.3 is 5.32 Å². The van der Waals surface area contributed by atoms with Crippen molar-refractivity contribution in [1.82, 2.24) is 5.32 Å². The van der Waals surface area contributed by atoms with Crippen LogP contribution in [0.25, 0.3) is 0 Å². The molecule has 0 radical (unpaired) electrons. The van der Waals surface area contributed by atoms with Crippen LogP contribution in [0.1, 0.15) is 22.0 Å². The van der Waals surface area contributed by atoms with Crippen molar-refractivity contribution in [3.05, 3.63) is 35.1 Å². The third-order valence-electron chi connectivity index (χ3n) is 2.77. The van der Waals surface area contributed by atoms with Gasteiger partial charge in [-0.2, -0.15) is 13.2 Å². The standard InChI is InChI=1S/C11H5Br2F4NO2/c12-10(13)7(18-9(20)11(15,16)17)5-2-1-4(14)3-6(5)8(10)19/h1-3,7H,(H,18,20). The van der Waals surface area contributed by atoms with E-state index in [1.165, 1.54) is 0 Å². The zero-order chi connectivity index (χ0) is 15.3. The molecule has 2 rings (SSSR count). The minimum absolute atomic E-state index is 0.0915. The molecule has 9 heteroatoms. The topological polar surface area (TPSA) is 46.2 Å². The van der Waals surface area contributed by atoms with E-state index in [0.29, 0.717) is 0 Å². The molecule has 1 aromatic carbocycles. The molecule has 1 aliphatic carbocycles. The van der Waals surface area contributed by atoms with Crippen LogP contribution in [0, 0.1) is 5.82 Å². The maximum atomic E-state index is 13.1. The first-order valence-electron chi connectivity index (χ1n) is 5.15. The molecule has 0 saturated carbocycles. The number of halogens is 6. The van der Waals surface area contributed by atoms with Crippen LogP contribution in [0.4, 0.5) is 17.6 Å². The summed E-state index contributed by atoms with van der Waals surface area (Å²) in [7, 11) is 0. The zero-order valence-corrected chi connectivity index (χ0v) is 12.6. The van der Waals surface area contributed by atoms with Crippen molar-refractivity contribution in [2.75, 3.05) is 0 Å². The van der Waals surface area contributed by atoms with Crippen LogP contribution in [0.2, 0.25) is 0 Å². The summed E-state index contributed by atoms with van der Waals surface area (Å²) in [6, 6.07) is 1.77. The van der Waals surface area contributed by atoms with Gasteiger partial charge in [0.2, 0.25) is 0 Å². The van der Waals surface area contributed by atoms with Crippen molar-refractivity contribution < 1.29 is 27.2 Å². The van der Waals surface area contributed by atoms with Gasteiger partial charge in [0.25, 0.3) is 0 Å². The van der Waals surface area contributed by atoms with E-state index in [-0.39, 0.29) is 11.1 Å². The monoisotopic (exact) mass is 417 g/mol. The van der Waals surface area contributed by atoms with Gasteiger partial charge in [-0.3, -0.25) is 9.59 Å². The van der Waals surface area contributed by atoms with Crippen molar-refractivity contribution >= 4 is 43.6 Å². The van der Waals surface area contributed by atoms with E-state index in [1.807, 2.05) is 0 Å². The summed E-state index contributed by atoms with van der Waals surface area (Å²) in [6.45, 7) is 0. The second-order valence-electron chi connectivity index (χ2n) is 4.09. The predicted molar refractivity (Wildman–Crippen MR) is 68.3 cm³/mol. The van der Waals surface area contributed by atoms with Gasteiger partial charge in [-0.25, -0.2) is 4.39 Å². The number of benzene rings is 1. The summed E-state index contributed by atoms with van der Waals surface area (Å²) in [5, 5.41) is 1.71. The lowest BCUT2D eigenvalue weighted by atomic mass is 10.1. The molecule has 20 heavy (non-hydrogen) atoms. The molecule has 1 amide bonds. The molecular formula is C11H5Br2F4NO2. The van der Waals surface area contributed by atoms with Crippen LogP contribution in [0.5, 0.6) is 0 Å². The highest BCUT2D eigenvalue weighted by Gasteiger charge is 2.53. The van der Waals surface area contributed by atoms with E-state index in [4.69, 9.17) is 0 Å². The molecule has 1 atom stereocenters. The first kappa shape index (κ1) is 15.4. The summed E-state index contributed by atoms with van der Waals surface area (Å²) in [6.07, 6.45) is -5.08. The van der Waals surface area contributed by atoms with Crippen LogP contribution in [0.15, 0.2) is 18.2 Å². The third-order valence-corrected chi connectivity index (χ3v) is 4.41. The lowest BCUT2D eigenvalue weighted by molar-refractivity contribution is -0.174. The van der Waals surface area contributed by atoms with Gasteiger partial charge in [-0.1, -0.05) is 37.9 Å². The van der Waals surface area contributed by atoms with Gasteiger partial charge in [0.1, 0.15) is 5.82 Å². The SMILES string of the molecule is O=C(NC1c2ccc(F)cc2C(=O)C1(Br)Br)C(F)(F)F. The summed E-state index contributed by atoms with van der Waals surface area (Å²) in [5.74, 6) is -3.55. The lowest BCUT2D eigenvalue weighted by Gasteiger charge is -2.23. The molecule has 1 aliphatic rings. The number of fused-ring (bicyclic) bond motifs is 1. The van der Waals surface area contributed by atoms with Crippen LogP contribution >= 0.6 is 31.9 Å². The van der Waals surface area contributed by atoms with E-state index < -0.39 is 33.0 Å². The number of rotatable bonds is 1. The molecule has 0 heterocycles. The van der Waals surface area contributed by atoms with Crippen molar-refractivity contribution in [3.8, 4) is 0 Å². The smallest absolute Gasteiger partial charge is 0.339 e. The van der Waals surface area contributed by atoms with Crippen molar-refractivity contribution in [2.45, 2.75) is 15.5 Å². The Kier molecular flexibility index (Phi) is 3.70. The average Bonchev–Trinajstić information content (AvgIpc) is 2.49. The summed E-state index contributed by atoms with van der Waals surface area (Å²) < 4.78 is 48.4. The van der Waals surface area contributed by atoms with E-state index in [1.54, 1.807) is 5.32 Å². The van der Waals surface area contributed by atoms with Crippen LogP contribution in [0.3, 0.4) is 0 Å². The number of carbonyl (C=O) groups is 2. The fraction of sp³-hybridized carbons (Fsp3) is 0.273. The number of amides is 1. The van der Waals surface area contributed by atoms with E-state index in [2.05, 4.69) is 31.9 Å². The van der Waals surface area contributed by atoms with Crippen molar-refractivity contribution in [1.29, 1.82) is 0 Å². The second-order valence-corrected chi connectivity index (χ2v) is 7.65. The summed E-state index contributed by atoms with van der Waals surface area (Å²) >= 11 is 5.87. The Bertz CT molecular complexity index is 601. The third kappa shape index (κ3) is 2.48. The van der Waals surface area contributed by atoms with Crippen LogP contribution in [-0.4, -0.2) is 21.1 Å². The number of alkyl halides is 5. The highest BCUT2D eigenvalue weighted by molar-refractivity contribution is 9.26. The van der Waals surface area contributed by atoms with Crippen molar-refractivity contribution in [2.24, 2.45) is 0 Å². The maximum Gasteiger partial charge on any atom is 0.471 e.